The third-order valence-electron chi connectivity index (χ3n) is 3.86. The minimum absolute atomic E-state index is 0.187. The van der Waals surface area contributed by atoms with Crippen LogP contribution in [0.4, 0.5) is 0 Å². The lowest BCUT2D eigenvalue weighted by atomic mass is 9.92. The number of esters is 1. The van der Waals surface area contributed by atoms with E-state index in [0.29, 0.717) is 6.61 Å². The van der Waals surface area contributed by atoms with Crippen molar-refractivity contribution in [2.45, 2.75) is 89.8 Å². The summed E-state index contributed by atoms with van der Waals surface area (Å²) in [5.74, 6) is -0.187. The SMILES string of the molecule is CC(C)(C)OC(=O)C1(CCCCCCCCO)CCCO1. The van der Waals surface area contributed by atoms with Crippen molar-refractivity contribution in [1.29, 1.82) is 0 Å². The number of hydrogen-bond donors (Lipinski definition) is 1. The van der Waals surface area contributed by atoms with Gasteiger partial charge in [-0.25, -0.2) is 4.79 Å². The predicted octanol–water partition coefficient (Wildman–Crippen LogP) is 3.60. The molecule has 0 aliphatic carbocycles. The molecule has 124 valence electrons. The average Bonchev–Trinajstić information content (AvgIpc) is 2.86. The Bertz CT molecular complexity index is 300. The van der Waals surface area contributed by atoms with Crippen molar-refractivity contribution in [3.8, 4) is 0 Å². The number of aliphatic hydroxyl groups is 1. The molecule has 1 saturated heterocycles. The highest BCUT2D eigenvalue weighted by Crippen LogP contribution is 2.34. The maximum atomic E-state index is 12.4. The summed E-state index contributed by atoms with van der Waals surface area (Å²) >= 11 is 0. The molecule has 21 heavy (non-hydrogen) atoms. The Labute approximate surface area is 129 Å². The van der Waals surface area contributed by atoms with Gasteiger partial charge < -0.3 is 14.6 Å². The van der Waals surface area contributed by atoms with Gasteiger partial charge in [0.15, 0.2) is 5.60 Å². The van der Waals surface area contributed by atoms with Gasteiger partial charge in [0.25, 0.3) is 0 Å². The van der Waals surface area contributed by atoms with Crippen LogP contribution in [0.5, 0.6) is 0 Å². The van der Waals surface area contributed by atoms with Crippen molar-refractivity contribution in [3.05, 3.63) is 0 Å². The van der Waals surface area contributed by atoms with E-state index in [2.05, 4.69) is 0 Å². The molecular weight excluding hydrogens is 268 g/mol. The van der Waals surface area contributed by atoms with Crippen LogP contribution >= 0.6 is 0 Å². The first-order valence-corrected chi connectivity index (χ1v) is 8.38. The smallest absolute Gasteiger partial charge is 0.338 e. The molecule has 1 unspecified atom stereocenters. The molecule has 0 radical (unpaired) electrons. The molecule has 1 N–H and O–H groups in total. The highest BCUT2D eigenvalue weighted by Gasteiger charge is 2.44. The molecule has 1 aliphatic heterocycles. The van der Waals surface area contributed by atoms with E-state index in [4.69, 9.17) is 14.6 Å². The van der Waals surface area contributed by atoms with Crippen molar-refractivity contribution in [2.75, 3.05) is 13.2 Å². The standard InChI is InChI=1S/C17H32O4/c1-16(2,3)21-15(19)17(12-10-14-20-17)11-8-6-4-5-7-9-13-18/h18H,4-14H2,1-3H3. The molecule has 0 amide bonds. The monoisotopic (exact) mass is 300 g/mol. The molecule has 0 aromatic heterocycles. The zero-order valence-electron chi connectivity index (χ0n) is 14.0. The Hall–Kier alpha value is -0.610. The van der Waals surface area contributed by atoms with E-state index in [-0.39, 0.29) is 12.6 Å². The maximum Gasteiger partial charge on any atom is 0.338 e. The quantitative estimate of drug-likeness (QED) is 0.522. The number of carbonyl (C=O) groups is 1. The topological polar surface area (TPSA) is 55.8 Å². The molecule has 4 heteroatoms. The summed E-state index contributed by atoms with van der Waals surface area (Å²) in [5.41, 5.74) is -1.15. The first-order valence-electron chi connectivity index (χ1n) is 8.38. The van der Waals surface area contributed by atoms with E-state index >= 15 is 0 Å². The molecule has 0 aromatic carbocycles. The van der Waals surface area contributed by atoms with E-state index in [1.165, 1.54) is 0 Å². The van der Waals surface area contributed by atoms with Crippen molar-refractivity contribution < 1.29 is 19.4 Å². The maximum absolute atomic E-state index is 12.4. The Morgan fingerprint density at radius 1 is 1.14 bits per heavy atom. The molecule has 1 rings (SSSR count). The van der Waals surface area contributed by atoms with Crippen molar-refractivity contribution >= 4 is 5.97 Å². The minimum Gasteiger partial charge on any atom is -0.458 e. The summed E-state index contributed by atoms with van der Waals surface area (Å²) in [6.45, 7) is 6.64. The summed E-state index contributed by atoms with van der Waals surface area (Å²) in [4.78, 5) is 12.4. The normalized spacial score (nSPS) is 22.5. The molecule has 0 aromatic rings. The predicted molar refractivity (Wildman–Crippen MR) is 83.2 cm³/mol. The molecular formula is C17H32O4. The lowest BCUT2D eigenvalue weighted by Gasteiger charge is -2.30. The lowest BCUT2D eigenvalue weighted by molar-refractivity contribution is -0.179. The van der Waals surface area contributed by atoms with Crippen LogP contribution in [0.1, 0.15) is 78.6 Å². The zero-order chi connectivity index (χ0) is 15.8. The fraction of sp³-hybridized carbons (Fsp3) is 0.941. The fourth-order valence-corrected chi connectivity index (χ4v) is 2.76. The highest BCUT2D eigenvalue weighted by atomic mass is 16.6. The number of carbonyl (C=O) groups excluding carboxylic acids is 1. The molecule has 0 saturated carbocycles. The zero-order valence-corrected chi connectivity index (χ0v) is 14.0. The van der Waals surface area contributed by atoms with Crippen LogP contribution in [-0.4, -0.2) is 35.5 Å². The van der Waals surface area contributed by atoms with Crippen LogP contribution in [0.25, 0.3) is 0 Å². The van der Waals surface area contributed by atoms with Gasteiger partial charge in [0.1, 0.15) is 5.60 Å². The minimum atomic E-state index is -0.696. The second kappa shape index (κ2) is 8.74. The number of unbranched alkanes of at least 4 members (excludes halogenated alkanes) is 5. The summed E-state index contributed by atoms with van der Waals surface area (Å²) in [7, 11) is 0. The van der Waals surface area contributed by atoms with E-state index in [9.17, 15) is 4.79 Å². The highest BCUT2D eigenvalue weighted by molar-refractivity contribution is 5.80. The van der Waals surface area contributed by atoms with Crippen LogP contribution in [-0.2, 0) is 14.3 Å². The van der Waals surface area contributed by atoms with Gasteiger partial charge >= 0.3 is 5.97 Å². The lowest BCUT2D eigenvalue weighted by Crippen LogP contribution is -2.43. The Kier molecular flexibility index (Phi) is 7.67. The molecule has 0 bridgehead atoms. The number of aliphatic hydroxyl groups excluding tert-OH is 1. The van der Waals surface area contributed by atoms with Gasteiger partial charge in [-0.05, 0) is 52.9 Å². The number of hydrogen-bond acceptors (Lipinski definition) is 4. The molecule has 1 aliphatic rings. The molecule has 1 fully saturated rings. The van der Waals surface area contributed by atoms with Gasteiger partial charge in [-0.3, -0.25) is 0 Å². The Morgan fingerprint density at radius 3 is 2.29 bits per heavy atom. The third-order valence-corrected chi connectivity index (χ3v) is 3.86. The Balaban J connectivity index is 2.34. The molecule has 1 atom stereocenters. The van der Waals surface area contributed by atoms with E-state index in [1.54, 1.807) is 0 Å². The average molecular weight is 300 g/mol. The van der Waals surface area contributed by atoms with Crippen LogP contribution in [0.2, 0.25) is 0 Å². The van der Waals surface area contributed by atoms with Crippen LogP contribution in [0.3, 0.4) is 0 Å². The van der Waals surface area contributed by atoms with Gasteiger partial charge in [-0.1, -0.05) is 25.7 Å². The summed E-state index contributed by atoms with van der Waals surface area (Å²) in [6, 6.07) is 0. The number of rotatable bonds is 9. The van der Waals surface area contributed by atoms with Gasteiger partial charge in [0, 0.05) is 13.2 Å². The van der Waals surface area contributed by atoms with Gasteiger partial charge in [-0.15, -0.1) is 0 Å². The van der Waals surface area contributed by atoms with Crippen molar-refractivity contribution in [2.24, 2.45) is 0 Å². The first kappa shape index (κ1) is 18.4. The summed E-state index contributed by atoms with van der Waals surface area (Å²) in [6.07, 6.45) is 8.89. The number of ether oxygens (including phenoxy) is 2. The fourth-order valence-electron chi connectivity index (χ4n) is 2.76. The Morgan fingerprint density at radius 2 is 1.76 bits per heavy atom. The van der Waals surface area contributed by atoms with Crippen LogP contribution < -0.4 is 0 Å². The molecule has 4 nitrogen and oxygen atoms in total. The second-order valence-electron chi connectivity index (χ2n) is 7.04. The van der Waals surface area contributed by atoms with Crippen molar-refractivity contribution in [3.63, 3.8) is 0 Å². The second-order valence-corrected chi connectivity index (χ2v) is 7.04. The largest absolute Gasteiger partial charge is 0.458 e. The van der Waals surface area contributed by atoms with Crippen LogP contribution in [0.15, 0.2) is 0 Å². The van der Waals surface area contributed by atoms with E-state index in [0.717, 1.165) is 57.8 Å². The first-order chi connectivity index (χ1) is 9.90. The van der Waals surface area contributed by atoms with Crippen LogP contribution in [0, 0.1) is 0 Å². The van der Waals surface area contributed by atoms with E-state index in [1.807, 2.05) is 20.8 Å². The van der Waals surface area contributed by atoms with E-state index < -0.39 is 11.2 Å². The van der Waals surface area contributed by atoms with Gasteiger partial charge in [-0.2, -0.15) is 0 Å². The molecule has 0 spiro atoms. The van der Waals surface area contributed by atoms with Gasteiger partial charge in [0.2, 0.25) is 0 Å². The summed E-state index contributed by atoms with van der Waals surface area (Å²) in [5, 5.41) is 8.73. The summed E-state index contributed by atoms with van der Waals surface area (Å²) < 4.78 is 11.3. The van der Waals surface area contributed by atoms with Crippen molar-refractivity contribution in [1.82, 2.24) is 0 Å². The molecule has 1 heterocycles. The third kappa shape index (κ3) is 6.79. The van der Waals surface area contributed by atoms with Gasteiger partial charge in [0.05, 0.1) is 0 Å².